The number of carbonyl (C=O) groups is 2. The van der Waals surface area contributed by atoms with E-state index in [2.05, 4.69) is 16.0 Å². The molecule has 35 heavy (non-hydrogen) atoms. The van der Waals surface area contributed by atoms with Gasteiger partial charge in [0.15, 0.2) is 0 Å². The third-order valence-electron chi connectivity index (χ3n) is 4.45. The first kappa shape index (κ1) is 27.5. The third-order valence-corrected chi connectivity index (χ3v) is 4.45. The van der Waals surface area contributed by atoms with E-state index in [-0.39, 0.29) is 18.2 Å². The van der Waals surface area contributed by atoms with Crippen LogP contribution in [-0.2, 0) is 18.9 Å². The summed E-state index contributed by atoms with van der Waals surface area (Å²) in [5.74, 6) is -0.218. The molecule has 2 amide bonds. The van der Waals surface area contributed by atoms with Gasteiger partial charge in [-0.05, 0) is 36.4 Å². The largest absolute Gasteiger partial charge is 0.447 e. The number of nitro benzene ring substituents is 1. The maximum atomic E-state index is 12.2. The average molecular weight is 491 g/mol. The third kappa shape index (κ3) is 11.3. The number of alkyl carbamates (subject to hydrolysis) is 1. The van der Waals surface area contributed by atoms with Gasteiger partial charge in [-0.1, -0.05) is 0 Å². The Balaban J connectivity index is 1.50. The standard InChI is InChI=1S/C23H30N4O8/c1-24-23(29)35-17-16-34-15-14-33-13-12-32-11-10-25-22(28)18-2-4-19(5-3-18)26-20-6-8-21(9-7-20)27(30)31/h2-9,26H,10-17H2,1H3,(H,24,29)(H,25,28). The highest BCUT2D eigenvalue weighted by atomic mass is 16.6. The number of benzene rings is 2. The van der Waals surface area contributed by atoms with Crippen molar-refractivity contribution in [2.45, 2.75) is 0 Å². The van der Waals surface area contributed by atoms with Crippen LogP contribution in [0.1, 0.15) is 10.4 Å². The van der Waals surface area contributed by atoms with Crippen molar-refractivity contribution in [2.75, 3.05) is 65.2 Å². The van der Waals surface area contributed by atoms with E-state index >= 15 is 0 Å². The SMILES string of the molecule is CNC(=O)OCCOCCOCCOCCNC(=O)c1ccc(Nc2ccc([N+](=O)[O-])cc2)cc1. The molecule has 0 aliphatic heterocycles. The van der Waals surface area contributed by atoms with Crippen molar-refractivity contribution < 1.29 is 33.5 Å². The van der Waals surface area contributed by atoms with E-state index in [1.165, 1.54) is 19.2 Å². The topological polar surface area (TPSA) is 150 Å². The summed E-state index contributed by atoms with van der Waals surface area (Å²) in [5.41, 5.74) is 1.98. The zero-order chi connectivity index (χ0) is 25.3. The Kier molecular flexibility index (Phi) is 12.6. The van der Waals surface area contributed by atoms with Crippen LogP contribution in [0.15, 0.2) is 48.5 Å². The predicted molar refractivity (Wildman–Crippen MR) is 128 cm³/mol. The van der Waals surface area contributed by atoms with Crippen LogP contribution >= 0.6 is 0 Å². The Morgan fingerprint density at radius 2 is 1.31 bits per heavy atom. The molecule has 0 saturated carbocycles. The van der Waals surface area contributed by atoms with Gasteiger partial charge in [-0.25, -0.2) is 4.79 Å². The van der Waals surface area contributed by atoms with Crippen molar-refractivity contribution >= 4 is 29.1 Å². The fourth-order valence-electron chi connectivity index (χ4n) is 2.68. The van der Waals surface area contributed by atoms with Crippen molar-refractivity contribution in [2.24, 2.45) is 0 Å². The van der Waals surface area contributed by atoms with Gasteiger partial charge in [-0.2, -0.15) is 0 Å². The lowest BCUT2D eigenvalue weighted by molar-refractivity contribution is -0.384. The summed E-state index contributed by atoms with van der Waals surface area (Å²) in [6.45, 7) is 2.75. The zero-order valence-corrected chi connectivity index (χ0v) is 19.5. The number of hydrogen-bond acceptors (Lipinski definition) is 9. The van der Waals surface area contributed by atoms with E-state index < -0.39 is 11.0 Å². The average Bonchev–Trinajstić information content (AvgIpc) is 2.87. The summed E-state index contributed by atoms with van der Waals surface area (Å²) in [4.78, 5) is 33.3. The summed E-state index contributed by atoms with van der Waals surface area (Å²) >= 11 is 0. The summed E-state index contributed by atoms with van der Waals surface area (Å²) < 4.78 is 20.8. The summed E-state index contributed by atoms with van der Waals surface area (Å²) in [5, 5.41) is 19.0. The van der Waals surface area contributed by atoms with Crippen molar-refractivity contribution in [3.63, 3.8) is 0 Å². The van der Waals surface area contributed by atoms with Crippen LogP contribution in [0, 0.1) is 10.1 Å². The highest BCUT2D eigenvalue weighted by Gasteiger charge is 2.06. The van der Waals surface area contributed by atoms with Crippen molar-refractivity contribution in [3.8, 4) is 0 Å². The molecule has 0 aliphatic rings. The Labute approximate surface area is 203 Å². The summed E-state index contributed by atoms with van der Waals surface area (Å²) in [7, 11) is 1.48. The molecule has 12 heteroatoms. The molecule has 0 radical (unpaired) electrons. The number of hydrogen-bond donors (Lipinski definition) is 3. The lowest BCUT2D eigenvalue weighted by Crippen LogP contribution is -2.27. The number of ether oxygens (including phenoxy) is 4. The maximum Gasteiger partial charge on any atom is 0.406 e. The number of nitro groups is 1. The molecule has 12 nitrogen and oxygen atoms in total. The number of nitrogens with zero attached hydrogens (tertiary/aromatic N) is 1. The molecule has 0 heterocycles. The Hall–Kier alpha value is -3.74. The van der Waals surface area contributed by atoms with Crippen LogP contribution in [0.25, 0.3) is 0 Å². The Bertz CT molecular complexity index is 922. The van der Waals surface area contributed by atoms with E-state index in [0.29, 0.717) is 57.4 Å². The van der Waals surface area contributed by atoms with Gasteiger partial charge in [0.25, 0.3) is 11.6 Å². The van der Waals surface area contributed by atoms with Gasteiger partial charge < -0.3 is 34.9 Å². The van der Waals surface area contributed by atoms with Gasteiger partial charge >= 0.3 is 6.09 Å². The second-order valence-electron chi connectivity index (χ2n) is 6.99. The Morgan fingerprint density at radius 1 is 0.800 bits per heavy atom. The molecular formula is C23H30N4O8. The molecule has 0 fully saturated rings. The number of non-ortho nitro benzene ring substituents is 1. The van der Waals surface area contributed by atoms with Crippen LogP contribution in [0.5, 0.6) is 0 Å². The van der Waals surface area contributed by atoms with Gasteiger partial charge in [-0.15, -0.1) is 0 Å². The number of amides is 2. The molecule has 0 bridgehead atoms. The molecule has 0 atom stereocenters. The first-order chi connectivity index (χ1) is 17.0. The molecule has 0 spiro atoms. The molecule has 0 aliphatic carbocycles. The minimum atomic E-state index is -0.495. The van der Waals surface area contributed by atoms with E-state index in [9.17, 15) is 19.7 Å². The van der Waals surface area contributed by atoms with Gasteiger partial charge in [0.2, 0.25) is 0 Å². The molecule has 0 unspecified atom stereocenters. The zero-order valence-electron chi connectivity index (χ0n) is 19.5. The smallest absolute Gasteiger partial charge is 0.406 e. The van der Waals surface area contributed by atoms with Crippen molar-refractivity contribution in [3.05, 3.63) is 64.2 Å². The monoisotopic (exact) mass is 490 g/mol. The minimum absolute atomic E-state index is 0.0202. The molecule has 190 valence electrons. The van der Waals surface area contributed by atoms with Crippen LogP contribution < -0.4 is 16.0 Å². The van der Waals surface area contributed by atoms with Gasteiger partial charge in [0.1, 0.15) is 6.61 Å². The number of anilines is 2. The molecule has 0 saturated heterocycles. The molecule has 2 rings (SSSR count). The molecule has 3 N–H and O–H groups in total. The first-order valence-electron chi connectivity index (χ1n) is 11.0. The van der Waals surface area contributed by atoms with Crippen LogP contribution in [-0.4, -0.2) is 76.8 Å². The number of nitrogens with one attached hydrogen (secondary N) is 3. The second kappa shape index (κ2) is 16.0. The minimum Gasteiger partial charge on any atom is -0.447 e. The quantitative estimate of drug-likeness (QED) is 0.183. The highest BCUT2D eigenvalue weighted by molar-refractivity contribution is 5.94. The fraction of sp³-hybridized carbons (Fsp3) is 0.391. The molecule has 2 aromatic carbocycles. The van der Waals surface area contributed by atoms with Gasteiger partial charge in [-0.3, -0.25) is 14.9 Å². The normalized spacial score (nSPS) is 10.4. The molecule has 0 aromatic heterocycles. The van der Waals surface area contributed by atoms with E-state index in [1.807, 2.05) is 0 Å². The second-order valence-corrected chi connectivity index (χ2v) is 6.99. The lowest BCUT2D eigenvalue weighted by Gasteiger charge is -2.09. The fourth-order valence-corrected chi connectivity index (χ4v) is 2.68. The van der Waals surface area contributed by atoms with Crippen molar-refractivity contribution in [1.29, 1.82) is 0 Å². The van der Waals surface area contributed by atoms with E-state index in [0.717, 1.165) is 5.69 Å². The van der Waals surface area contributed by atoms with Crippen LogP contribution in [0.3, 0.4) is 0 Å². The van der Waals surface area contributed by atoms with Crippen molar-refractivity contribution in [1.82, 2.24) is 10.6 Å². The molecular weight excluding hydrogens is 460 g/mol. The van der Waals surface area contributed by atoms with Gasteiger partial charge in [0.05, 0.1) is 44.6 Å². The predicted octanol–water partition coefficient (Wildman–Crippen LogP) is 2.47. The van der Waals surface area contributed by atoms with E-state index in [1.54, 1.807) is 36.4 Å². The summed E-state index contributed by atoms with van der Waals surface area (Å²) in [6.07, 6.45) is -0.495. The molecule has 2 aromatic rings. The van der Waals surface area contributed by atoms with Crippen LogP contribution in [0.4, 0.5) is 21.9 Å². The Morgan fingerprint density at radius 3 is 1.86 bits per heavy atom. The van der Waals surface area contributed by atoms with Gasteiger partial charge in [0, 0.05) is 42.7 Å². The van der Waals surface area contributed by atoms with E-state index in [4.69, 9.17) is 18.9 Å². The first-order valence-corrected chi connectivity index (χ1v) is 11.0. The number of rotatable bonds is 16. The summed E-state index contributed by atoms with van der Waals surface area (Å²) in [6, 6.07) is 12.9. The number of carbonyl (C=O) groups excluding carboxylic acids is 2. The maximum absolute atomic E-state index is 12.2. The highest BCUT2D eigenvalue weighted by Crippen LogP contribution is 2.20. The van der Waals surface area contributed by atoms with Crippen LogP contribution in [0.2, 0.25) is 0 Å². The lowest BCUT2D eigenvalue weighted by atomic mass is 10.2.